The molecule has 2 N–H and O–H groups in total. The molecule has 1 rings (SSSR count). The first-order chi connectivity index (χ1) is 9.06. The Labute approximate surface area is 120 Å². The molecular formula is C15H23ClN2O. The molecule has 0 spiro atoms. The summed E-state index contributed by atoms with van der Waals surface area (Å²) in [4.78, 5) is 11.8. The van der Waals surface area contributed by atoms with Gasteiger partial charge in [0.15, 0.2) is 0 Å². The minimum atomic E-state index is 0.0505. The number of halogens is 1. The average molecular weight is 283 g/mol. The third-order valence-electron chi connectivity index (χ3n) is 3.29. The van der Waals surface area contributed by atoms with Crippen LogP contribution in [0.5, 0.6) is 0 Å². The number of hydrogen-bond donors (Lipinski definition) is 2. The zero-order valence-electron chi connectivity index (χ0n) is 11.9. The van der Waals surface area contributed by atoms with Gasteiger partial charge in [0.25, 0.3) is 0 Å². The highest BCUT2D eigenvalue weighted by Crippen LogP contribution is 2.15. The van der Waals surface area contributed by atoms with Crippen molar-refractivity contribution in [2.24, 2.45) is 0 Å². The maximum Gasteiger partial charge on any atom is 0.234 e. The summed E-state index contributed by atoms with van der Waals surface area (Å²) in [6, 6.07) is 8.07. The Kier molecular flexibility index (Phi) is 6.89. The molecule has 3 nitrogen and oxygen atoms in total. The van der Waals surface area contributed by atoms with Crippen LogP contribution in [0.2, 0.25) is 5.02 Å². The molecule has 1 aromatic rings. The number of amides is 1. The lowest BCUT2D eigenvalue weighted by Gasteiger charge is -2.17. The molecule has 0 unspecified atom stereocenters. The van der Waals surface area contributed by atoms with Gasteiger partial charge in [-0.3, -0.25) is 4.79 Å². The summed E-state index contributed by atoms with van der Waals surface area (Å²) in [6.07, 6.45) is 1.93. The first-order valence-electron chi connectivity index (χ1n) is 6.85. The Hall–Kier alpha value is -1.06. The van der Waals surface area contributed by atoms with Gasteiger partial charge in [0.05, 0.1) is 6.54 Å². The van der Waals surface area contributed by atoms with Gasteiger partial charge in [0, 0.05) is 17.1 Å². The van der Waals surface area contributed by atoms with Crippen molar-refractivity contribution >= 4 is 17.5 Å². The summed E-state index contributed by atoms with van der Waals surface area (Å²) in [7, 11) is 0. The summed E-state index contributed by atoms with van der Waals surface area (Å²) in [6.45, 7) is 6.53. The fraction of sp³-hybridized carbons (Fsp3) is 0.533. The van der Waals surface area contributed by atoms with Crippen LogP contribution in [0.4, 0.5) is 0 Å². The van der Waals surface area contributed by atoms with Gasteiger partial charge in [-0.2, -0.15) is 0 Å². The maximum atomic E-state index is 11.8. The lowest BCUT2D eigenvalue weighted by atomic mass is 10.1. The van der Waals surface area contributed by atoms with E-state index in [1.807, 2.05) is 31.2 Å². The lowest BCUT2D eigenvalue weighted by Crippen LogP contribution is -2.40. The molecule has 1 aromatic carbocycles. The normalized spacial score (nSPS) is 12.5. The average Bonchev–Trinajstić information content (AvgIpc) is 2.43. The molecule has 0 aromatic heterocycles. The van der Waals surface area contributed by atoms with Gasteiger partial charge in [-0.1, -0.05) is 37.6 Å². The summed E-state index contributed by atoms with van der Waals surface area (Å²) in [5.74, 6) is 0.0505. The highest BCUT2D eigenvalue weighted by Gasteiger charge is 2.10. The Balaban J connectivity index is 2.39. The number of carbonyl (C=O) groups is 1. The second-order valence-corrected chi connectivity index (χ2v) is 5.17. The van der Waals surface area contributed by atoms with Crippen molar-refractivity contribution in [2.45, 2.75) is 45.7 Å². The molecule has 0 aliphatic carbocycles. The van der Waals surface area contributed by atoms with E-state index in [9.17, 15) is 4.79 Å². The standard InChI is InChI=1S/C15H23ClN2O/c1-4-14(5-2)18-15(19)10-17-11(3)12-6-8-13(16)9-7-12/h6-9,11,14,17H,4-5,10H2,1-3H3,(H,18,19)/t11-/m0/s1. The van der Waals surface area contributed by atoms with E-state index in [2.05, 4.69) is 24.5 Å². The van der Waals surface area contributed by atoms with Crippen molar-refractivity contribution in [1.29, 1.82) is 0 Å². The number of nitrogens with one attached hydrogen (secondary N) is 2. The van der Waals surface area contributed by atoms with Gasteiger partial charge >= 0.3 is 0 Å². The van der Waals surface area contributed by atoms with E-state index in [-0.39, 0.29) is 18.0 Å². The van der Waals surface area contributed by atoms with Crippen molar-refractivity contribution in [3.05, 3.63) is 34.9 Å². The third kappa shape index (κ3) is 5.62. The van der Waals surface area contributed by atoms with E-state index < -0.39 is 0 Å². The van der Waals surface area contributed by atoms with Gasteiger partial charge in [-0.05, 0) is 37.5 Å². The number of hydrogen-bond acceptors (Lipinski definition) is 2. The Bertz CT molecular complexity index is 388. The summed E-state index contributed by atoms with van der Waals surface area (Å²) in [5.41, 5.74) is 1.12. The van der Waals surface area contributed by atoms with Crippen LogP contribution in [0, 0.1) is 0 Å². The monoisotopic (exact) mass is 282 g/mol. The largest absolute Gasteiger partial charge is 0.352 e. The molecule has 0 fully saturated rings. The first kappa shape index (κ1) is 16.0. The van der Waals surface area contributed by atoms with Crippen LogP contribution in [0.25, 0.3) is 0 Å². The quantitative estimate of drug-likeness (QED) is 0.806. The Morgan fingerprint density at radius 2 is 1.79 bits per heavy atom. The molecule has 0 saturated carbocycles. The van der Waals surface area contributed by atoms with E-state index in [4.69, 9.17) is 11.6 Å². The molecule has 0 aliphatic heterocycles. The molecular weight excluding hydrogens is 260 g/mol. The number of carbonyl (C=O) groups excluding carboxylic acids is 1. The summed E-state index contributed by atoms with van der Waals surface area (Å²) < 4.78 is 0. The zero-order chi connectivity index (χ0) is 14.3. The highest BCUT2D eigenvalue weighted by molar-refractivity contribution is 6.30. The molecule has 0 saturated heterocycles. The molecule has 0 aliphatic rings. The Morgan fingerprint density at radius 3 is 2.32 bits per heavy atom. The second-order valence-electron chi connectivity index (χ2n) is 4.74. The van der Waals surface area contributed by atoms with E-state index in [1.54, 1.807) is 0 Å². The smallest absolute Gasteiger partial charge is 0.234 e. The van der Waals surface area contributed by atoms with E-state index in [1.165, 1.54) is 0 Å². The first-order valence-corrected chi connectivity index (χ1v) is 7.22. The van der Waals surface area contributed by atoms with E-state index in [0.717, 1.165) is 23.4 Å². The highest BCUT2D eigenvalue weighted by atomic mass is 35.5. The van der Waals surface area contributed by atoms with Crippen molar-refractivity contribution in [2.75, 3.05) is 6.54 Å². The second kappa shape index (κ2) is 8.18. The Morgan fingerprint density at radius 1 is 1.21 bits per heavy atom. The fourth-order valence-corrected chi connectivity index (χ4v) is 2.01. The van der Waals surface area contributed by atoms with Crippen LogP contribution >= 0.6 is 11.6 Å². The van der Waals surface area contributed by atoms with Gasteiger partial charge in [0.2, 0.25) is 5.91 Å². The molecule has 1 atom stereocenters. The van der Waals surface area contributed by atoms with Crippen molar-refractivity contribution in [1.82, 2.24) is 10.6 Å². The summed E-state index contributed by atoms with van der Waals surface area (Å²) in [5, 5.41) is 6.95. The van der Waals surface area contributed by atoms with Crippen LogP contribution < -0.4 is 10.6 Å². The van der Waals surface area contributed by atoms with Gasteiger partial charge < -0.3 is 10.6 Å². The van der Waals surface area contributed by atoms with Crippen molar-refractivity contribution in [3.63, 3.8) is 0 Å². The van der Waals surface area contributed by atoms with Crippen molar-refractivity contribution < 1.29 is 4.79 Å². The van der Waals surface area contributed by atoms with Crippen LogP contribution in [0.1, 0.15) is 45.2 Å². The van der Waals surface area contributed by atoms with Crippen LogP contribution in [0.15, 0.2) is 24.3 Å². The molecule has 19 heavy (non-hydrogen) atoms. The van der Waals surface area contributed by atoms with E-state index >= 15 is 0 Å². The maximum absolute atomic E-state index is 11.8. The topological polar surface area (TPSA) is 41.1 Å². The third-order valence-corrected chi connectivity index (χ3v) is 3.54. The van der Waals surface area contributed by atoms with Crippen LogP contribution in [0.3, 0.4) is 0 Å². The predicted molar refractivity (Wildman–Crippen MR) is 80.4 cm³/mol. The molecule has 0 bridgehead atoms. The van der Waals surface area contributed by atoms with Gasteiger partial charge in [-0.15, -0.1) is 0 Å². The molecule has 4 heteroatoms. The molecule has 0 radical (unpaired) electrons. The minimum Gasteiger partial charge on any atom is -0.352 e. The van der Waals surface area contributed by atoms with Crippen LogP contribution in [-0.2, 0) is 4.79 Å². The predicted octanol–water partition coefficient (Wildman–Crippen LogP) is 3.30. The molecule has 1 amide bonds. The van der Waals surface area contributed by atoms with Crippen LogP contribution in [-0.4, -0.2) is 18.5 Å². The molecule has 0 heterocycles. The number of rotatable bonds is 7. The van der Waals surface area contributed by atoms with E-state index in [0.29, 0.717) is 6.54 Å². The molecule has 106 valence electrons. The summed E-state index contributed by atoms with van der Waals surface area (Å²) >= 11 is 5.85. The van der Waals surface area contributed by atoms with Crippen molar-refractivity contribution in [3.8, 4) is 0 Å². The lowest BCUT2D eigenvalue weighted by molar-refractivity contribution is -0.121. The zero-order valence-corrected chi connectivity index (χ0v) is 12.6. The van der Waals surface area contributed by atoms with Gasteiger partial charge in [-0.25, -0.2) is 0 Å². The minimum absolute atomic E-state index is 0.0505. The SMILES string of the molecule is CCC(CC)NC(=O)CN[C@@H](C)c1ccc(Cl)cc1. The van der Waals surface area contributed by atoms with Gasteiger partial charge in [0.1, 0.15) is 0 Å². The number of benzene rings is 1. The fourth-order valence-electron chi connectivity index (χ4n) is 1.89.